The maximum Gasteiger partial charge on any atom is 0.187 e. The molecule has 0 aliphatic heterocycles. The molecule has 1 aromatic rings. The summed E-state index contributed by atoms with van der Waals surface area (Å²) in [6.45, 7) is 0. The van der Waals surface area contributed by atoms with E-state index in [2.05, 4.69) is 15.9 Å². The fourth-order valence-corrected chi connectivity index (χ4v) is 2.33. The van der Waals surface area contributed by atoms with Crippen LogP contribution in [0.5, 0.6) is 0 Å². The molecule has 0 amide bonds. The van der Waals surface area contributed by atoms with Crippen molar-refractivity contribution < 1.29 is 17.5 Å². The smallest absolute Gasteiger partial charge is 0.187 e. The second kappa shape index (κ2) is 4.43. The fraction of sp³-hybridized carbons (Fsp3) is 0. The van der Waals surface area contributed by atoms with Gasteiger partial charge in [-0.2, -0.15) is 0 Å². The molecule has 0 spiro atoms. The highest BCUT2D eigenvalue weighted by Gasteiger charge is 2.09. The molecule has 1 aromatic carbocycles. The molecule has 4 nitrogen and oxygen atoms in total. The van der Waals surface area contributed by atoms with Crippen LogP contribution in [0.2, 0.25) is 0 Å². The van der Waals surface area contributed by atoms with E-state index in [1.807, 2.05) is 0 Å². The first-order valence-electron chi connectivity index (χ1n) is 3.03. The first-order valence-corrected chi connectivity index (χ1v) is 6.04. The van der Waals surface area contributed by atoms with Gasteiger partial charge in [-0.25, -0.2) is 8.42 Å². The van der Waals surface area contributed by atoms with Crippen LogP contribution in [0, 0.1) is 0 Å². The molecule has 0 saturated heterocycles. The lowest BCUT2D eigenvalue weighted by molar-refractivity contribution is 0.561. The van der Waals surface area contributed by atoms with E-state index in [1.54, 1.807) is 0 Å². The molecule has 0 fully saturated rings. The highest BCUT2D eigenvalue weighted by molar-refractivity contribution is 9.10. The van der Waals surface area contributed by atoms with E-state index in [0.717, 1.165) is 0 Å². The number of rotatable bonds is 2. The molecule has 7 heteroatoms. The Balaban J connectivity index is 3.27. The topological polar surface area (TPSA) is 74.6 Å². The monoisotopic (exact) mass is 284 g/mol. The van der Waals surface area contributed by atoms with Crippen molar-refractivity contribution in [1.82, 2.24) is 0 Å². The summed E-state index contributed by atoms with van der Waals surface area (Å²) in [4.78, 5) is 0.181. The summed E-state index contributed by atoms with van der Waals surface area (Å²) in [7, 11) is 0. The zero-order chi connectivity index (χ0) is 10.0. The van der Waals surface area contributed by atoms with Crippen LogP contribution in [0.1, 0.15) is 0 Å². The molecule has 1 rings (SSSR count). The third kappa shape index (κ3) is 2.68. The quantitative estimate of drug-likeness (QED) is 0.809. The summed E-state index contributed by atoms with van der Waals surface area (Å²) in [5, 5.41) is 0. The van der Waals surface area contributed by atoms with Crippen molar-refractivity contribution >= 4 is 38.1 Å². The molecule has 2 atom stereocenters. The Hall–Kier alpha value is -0.0800. The molecule has 0 heterocycles. The first-order chi connectivity index (χ1) is 6.02. The molecule has 2 N–H and O–H groups in total. The average molecular weight is 285 g/mol. The van der Waals surface area contributed by atoms with E-state index < -0.39 is 22.2 Å². The minimum atomic E-state index is -2.16. The lowest BCUT2D eigenvalue weighted by Crippen LogP contribution is -1.94. The summed E-state index contributed by atoms with van der Waals surface area (Å²) in [5.74, 6) is 0. The van der Waals surface area contributed by atoms with Gasteiger partial charge in [0.1, 0.15) is 0 Å². The van der Waals surface area contributed by atoms with E-state index in [0.29, 0.717) is 4.47 Å². The van der Waals surface area contributed by atoms with Crippen molar-refractivity contribution in [3.8, 4) is 0 Å². The highest BCUT2D eigenvalue weighted by atomic mass is 79.9. The van der Waals surface area contributed by atoms with Crippen LogP contribution >= 0.6 is 15.9 Å². The molecule has 0 aliphatic carbocycles. The van der Waals surface area contributed by atoms with E-state index in [1.165, 1.54) is 18.2 Å². The van der Waals surface area contributed by atoms with Crippen LogP contribution in [0.25, 0.3) is 0 Å². The van der Waals surface area contributed by atoms with Gasteiger partial charge in [-0.1, -0.05) is 0 Å². The Morgan fingerprint density at radius 1 is 1.15 bits per heavy atom. The van der Waals surface area contributed by atoms with Gasteiger partial charge in [-0.3, -0.25) is 0 Å². The van der Waals surface area contributed by atoms with E-state index in [4.69, 9.17) is 9.11 Å². The van der Waals surface area contributed by atoms with Gasteiger partial charge in [0.2, 0.25) is 0 Å². The van der Waals surface area contributed by atoms with Crippen LogP contribution in [0.3, 0.4) is 0 Å². The lowest BCUT2D eigenvalue weighted by Gasteiger charge is -2.00. The third-order valence-corrected chi connectivity index (χ3v) is 3.62. The maximum atomic E-state index is 10.7. The van der Waals surface area contributed by atoms with E-state index in [9.17, 15) is 8.42 Å². The second-order valence-electron chi connectivity index (χ2n) is 2.09. The summed E-state index contributed by atoms with van der Waals surface area (Å²) < 4.78 is 39.2. The molecular weight excluding hydrogens is 280 g/mol. The van der Waals surface area contributed by atoms with Gasteiger partial charge in [0.15, 0.2) is 22.2 Å². The van der Waals surface area contributed by atoms with Gasteiger partial charge in [-0.05, 0) is 34.1 Å². The van der Waals surface area contributed by atoms with Crippen LogP contribution in [0.4, 0.5) is 0 Å². The Bertz CT molecular complexity index is 379. The van der Waals surface area contributed by atoms with Crippen LogP contribution in [-0.2, 0) is 22.2 Å². The number of halogens is 1. The zero-order valence-corrected chi connectivity index (χ0v) is 9.36. The lowest BCUT2D eigenvalue weighted by atomic mass is 10.4. The van der Waals surface area contributed by atoms with E-state index in [-0.39, 0.29) is 9.79 Å². The first kappa shape index (κ1) is 11.0. The van der Waals surface area contributed by atoms with Crippen LogP contribution in [0.15, 0.2) is 32.5 Å². The summed E-state index contributed by atoms with van der Waals surface area (Å²) >= 11 is -1.24. The third-order valence-electron chi connectivity index (χ3n) is 1.29. The number of benzene rings is 1. The number of hydrogen-bond acceptors (Lipinski definition) is 2. The Morgan fingerprint density at radius 2 is 1.77 bits per heavy atom. The van der Waals surface area contributed by atoms with Crippen molar-refractivity contribution in [1.29, 1.82) is 0 Å². The number of hydrogen-bond donors (Lipinski definition) is 2. The van der Waals surface area contributed by atoms with Gasteiger partial charge in [0, 0.05) is 4.47 Å². The van der Waals surface area contributed by atoms with Crippen molar-refractivity contribution in [2.45, 2.75) is 9.79 Å². The SMILES string of the molecule is O=S(O)c1ccc(Br)c(S(=O)O)c1. The molecule has 0 aromatic heterocycles. The van der Waals surface area contributed by atoms with Gasteiger partial charge in [-0.15, -0.1) is 0 Å². The van der Waals surface area contributed by atoms with Gasteiger partial charge in [0.05, 0.1) is 9.79 Å². The van der Waals surface area contributed by atoms with Crippen molar-refractivity contribution in [3.63, 3.8) is 0 Å². The Morgan fingerprint density at radius 3 is 2.23 bits per heavy atom. The molecule has 0 aliphatic rings. The molecule has 0 bridgehead atoms. The van der Waals surface area contributed by atoms with Crippen LogP contribution in [-0.4, -0.2) is 17.5 Å². The normalized spacial score (nSPS) is 15.3. The summed E-state index contributed by atoms with van der Waals surface area (Å²) in [6, 6.07) is 4.06. The average Bonchev–Trinajstić information content (AvgIpc) is 2.04. The Kier molecular flexibility index (Phi) is 3.74. The minimum absolute atomic E-state index is 0.0832. The van der Waals surface area contributed by atoms with Crippen molar-refractivity contribution in [2.24, 2.45) is 0 Å². The maximum absolute atomic E-state index is 10.7. The van der Waals surface area contributed by atoms with E-state index >= 15 is 0 Å². The Labute approximate surface area is 88.1 Å². The minimum Gasteiger partial charge on any atom is -0.302 e. The summed E-state index contributed by atoms with van der Waals surface area (Å²) in [5.41, 5.74) is 0. The zero-order valence-electron chi connectivity index (χ0n) is 6.14. The molecular formula is C6H5BrO4S2. The second-order valence-corrected chi connectivity index (χ2v) is 4.85. The summed E-state index contributed by atoms with van der Waals surface area (Å²) in [6.07, 6.45) is 0. The fourth-order valence-electron chi connectivity index (χ4n) is 0.726. The van der Waals surface area contributed by atoms with Crippen molar-refractivity contribution in [2.75, 3.05) is 0 Å². The van der Waals surface area contributed by atoms with Crippen LogP contribution < -0.4 is 0 Å². The van der Waals surface area contributed by atoms with Gasteiger partial charge < -0.3 is 9.11 Å². The molecule has 0 radical (unpaired) electrons. The highest BCUT2D eigenvalue weighted by Crippen LogP contribution is 2.22. The standard InChI is InChI=1S/C6H5BrO4S2/c7-5-2-1-4(12(8)9)3-6(5)13(10)11/h1-3H,(H,8,9)(H,10,11). The molecule has 2 unspecified atom stereocenters. The predicted octanol–water partition coefficient (Wildman–Crippen LogP) is 1.61. The van der Waals surface area contributed by atoms with Gasteiger partial charge in [0.25, 0.3) is 0 Å². The van der Waals surface area contributed by atoms with Gasteiger partial charge >= 0.3 is 0 Å². The molecule has 13 heavy (non-hydrogen) atoms. The van der Waals surface area contributed by atoms with Crippen molar-refractivity contribution in [3.05, 3.63) is 22.7 Å². The predicted molar refractivity (Wildman–Crippen MR) is 52.2 cm³/mol. The molecule has 0 saturated carbocycles. The molecule has 72 valence electrons. The largest absolute Gasteiger partial charge is 0.302 e.